The Morgan fingerprint density at radius 2 is 1.73 bits per heavy atom. The van der Waals surface area contributed by atoms with Gasteiger partial charge in [-0.25, -0.2) is 0 Å². The molecule has 0 bridgehead atoms. The topological polar surface area (TPSA) is 63.6 Å². The third kappa shape index (κ3) is 3.28. The molecule has 1 aliphatic carbocycles. The molecule has 26 heavy (non-hydrogen) atoms. The van der Waals surface area contributed by atoms with Gasteiger partial charge in [-0.3, -0.25) is 9.59 Å². The number of hydrogen-bond acceptors (Lipinski definition) is 3. The van der Waals surface area contributed by atoms with Crippen molar-refractivity contribution < 1.29 is 19.4 Å². The number of benzene rings is 1. The standard InChI is InChI=1S/C21H23BrO4/c1-13-12-15(8-11-17(23)14-6-9-16(22)10-7-14)18(26-5)20(2,3)21(13,4)19(24)25/h6-12H,1-5H3,(H,24,25). The van der Waals surface area contributed by atoms with Gasteiger partial charge in [0.25, 0.3) is 0 Å². The zero-order valence-electron chi connectivity index (χ0n) is 15.6. The lowest BCUT2D eigenvalue weighted by molar-refractivity contribution is -0.152. The first-order valence-electron chi connectivity index (χ1n) is 8.24. The predicted molar refractivity (Wildman–Crippen MR) is 105 cm³/mol. The first-order chi connectivity index (χ1) is 12.1. The molecular weight excluding hydrogens is 396 g/mol. The van der Waals surface area contributed by atoms with Crippen molar-refractivity contribution in [2.75, 3.05) is 7.11 Å². The molecule has 1 aromatic rings. The number of carbonyl (C=O) groups is 2. The monoisotopic (exact) mass is 418 g/mol. The summed E-state index contributed by atoms with van der Waals surface area (Å²) in [5, 5.41) is 9.80. The molecule has 0 spiro atoms. The van der Waals surface area contributed by atoms with Crippen LogP contribution < -0.4 is 0 Å². The molecule has 0 fully saturated rings. The Bertz CT molecular complexity index is 828. The quantitative estimate of drug-likeness (QED) is 0.529. The molecule has 1 N–H and O–H groups in total. The molecule has 138 valence electrons. The van der Waals surface area contributed by atoms with Crippen molar-refractivity contribution in [3.8, 4) is 0 Å². The van der Waals surface area contributed by atoms with Crippen LogP contribution in [-0.4, -0.2) is 24.0 Å². The minimum atomic E-state index is -1.09. The van der Waals surface area contributed by atoms with E-state index < -0.39 is 16.8 Å². The summed E-state index contributed by atoms with van der Waals surface area (Å²) in [6, 6.07) is 7.12. The normalized spacial score (nSPS) is 22.3. The molecule has 1 aromatic carbocycles. The smallest absolute Gasteiger partial charge is 0.314 e. The lowest BCUT2D eigenvalue weighted by Crippen LogP contribution is -2.46. The predicted octanol–water partition coefficient (Wildman–Crippen LogP) is 5.17. The van der Waals surface area contributed by atoms with E-state index in [-0.39, 0.29) is 5.78 Å². The van der Waals surface area contributed by atoms with E-state index in [0.29, 0.717) is 22.5 Å². The Labute approximate surface area is 162 Å². The van der Waals surface area contributed by atoms with Gasteiger partial charge in [0.05, 0.1) is 12.5 Å². The van der Waals surface area contributed by atoms with E-state index in [1.54, 1.807) is 38.1 Å². The van der Waals surface area contributed by atoms with Crippen LogP contribution in [0.25, 0.3) is 0 Å². The van der Waals surface area contributed by atoms with Crippen LogP contribution in [0.3, 0.4) is 0 Å². The van der Waals surface area contributed by atoms with Gasteiger partial charge in [-0.05, 0) is 50.3 Å². The van der Waals surface area contributed by atoms with Crippen molar-refractivity contribution in [2.45, 2.75) is 27.7 Å². The highest BCUT2D eigenvalue weighted by atomic mass is 79.9. The van der Waals surface area contributed by atoms with Crippen LogP contribution in [0, 0.1) is 10.8 Å². The summed E-state index contributed by atoms with van der Waals surface area (Å²) in [5.74, 6) is -0.483. The summed E-state index contributed by atoms with van der Waals surface area (Å²) in [6.07, 6.45) is 4.96. The zero-order chi connectivity index (χ0) is 19.7. The SMILES string of the molecule is COC1=C(C=CC(=O)c2ccc(Br)cc2)C=C(C)C(C)(C(=O)O)C1(C)C. The van der Waals surface area contributed by atoms with Gasteiger partial charge in [-0.1, -0.05) is 41.4 Å². The molecular formula is C21H23BrO4. The number of rotatable bonds is 5. The third-order valence-corrected chi connectivity index (χ3v) is 5.94. The number of ketones is 1. The molecule has 0 saturated heterocycles. The second kappa shape index (κ2) is 7.23. The van der Waals surface area contributed by atoms with Crippen molar-refractivity contribution in [1.82, 2.24) is 0 Å². The van der Waals surface area contributed by atoms with Crippen LogP contribution in [0.2, 0.25) is 0 Å². The van der Waals surface area contributed by atoms with Crippen LogP contribution in [0.4, 0.5) is 0 Å². The van der Waals surface area contributed by atoms with Gasteiger partial charge < -0.3 is 9.84 Å². The highest BCUT2D eigenvalue weighted by Crippen LogP contribution is 2.53. The van der Waals surface area contributed by atoms with Crippen LogP contribution in [0.1, 0.15) is 38.1 Å². The number of allylic oxidation sites excluding steroid dienone is 5. The van der Waals surface area contributed by atoms with Gasteiger partial charge in [-0.2, -0.15) is 0 Å². The van der Waals surface area contributed by atoms with E-state index in [4.69, 9.17) is 4.74 Å². The minimum Gasteiger partial charge on any atom is -0.500 e. The van der Waals surface area contributed by atoms with Gasteiger partial charge in [-0.15, -0.1) is 0 Å². The Morgan fingerprint density at radius 3 is 2.23 bits per heavy atom. The molecule has 1 unspecified atom stereocenters. The minimum absolute atomic E-state index is 0.129. The summed E-state index contributed by atoms with van der Waals surface area (Å²) in [4.78, 5) is 24.3. The number of halogens is 1. The van der Waals surface area contributed by atoms with Crippen molar-refractivity contribution in [2.24, 2.45) is 10.8 Å². The van der Waals surface area contributed by atoms with Gasteiger partial charge in [0.2, 0.25) is 0 Å². The maximum Gasteiger partial charge on any atom is 0.314 e. The lowest BCUT2D eigenvalue weighted by atomic mass is 9.58. The van der Waals surface area contributed by atoms with E-state index in [1.807, 2.05) is 26.0 Å². The van der Waals surface area contributed by atoms with Gasteiger partial charge >= 0.3 is 5.97 Å². The largest absolute Gasteiger partial charge is 0.500 e. The second-order valence-electron chi connectivity index (χ2n) is 7.08. The highest BCUT2D eigenvalue weighted by Gasteiger charge is 2.54. The fourth-order valence-corrected chi connectivity index (χ4v) is 3.60. The van der Waals surface area contributed by atoms with E-state index in [1.165, 1.54) is 13.2 Å². The van der Waals surface area contributed by atoms with Crippen LogP contribution in [0.5, 0.6) is 0 Å². The van der Waals surface area contributed by atoms with Crippen molar-refractivity contribution in [3.63, 3.8) is 0 Å². The number of carbonyl (C=O) groups excluding carboxylic acids is 1. The number of carboxylic acid groups (broad SMARTS) is 1. The summed E-state index contributed by atoms with van der Waals surface area (Å²) < 4.78 is 6.48. The van der Waals surface area contributed by atoms with Crippen molar-refractivity contribution in [3.05, 3.63) is 69.4 Å². The first-order valence-corrected chi connectivity index (χ1v) is 9.04. The second-order valence-corrected chi connectivity index (χ2v) is 7.99. The number of methoxy groups -OCH3 is 1. The summed E-state index contributed by atoms with van der Waals surface area (Å²) in [7, 11) is 1.53. The van der Waals surface area contributed by atoms with Gasteiger partial charge in [0.15, 0.2) is 5.78 Å². The molecule has 5 heteroatoms. The average Bonchev–Trinajstić information content (AvgIpc) is 2.57. The van der Waals surface area contributed by atoms with E-state index in [2.05, 4.69) is 15.9 Å². The van der Waals surface area contributed by atoms with E-state index >= 15 is 0 Å². The molecule has 0 heterocycles. The van der Waals surface area contributed by atoms with Crippen LogP contribution in [-0.2, 0) is 9.53 Å². The Balaban J connectivity index is 2.45. The fourth-order valence-electron chi connectivity index (χ4n) is 3.33. The summed E-state index contributed by atoms with van der Waals surface area (Å²) in [6.45, 7) is 7.20. The summed E-state index contributed by atoms with van der Waals surface area (Å²) in [5.41, 5.74) is 0.138. The number of hydrogen-bond donors (Lipinski definition) is 1. The molecule has 1 atom stereocenters. The van der Waals surface area contributed by atoms with Crippen LogP contribution in [0.15, 0.2) is 63.9 Å². The molecule has 0 aliphatic heterocycles. The number of ether oxygens (including phenoxy) is 1. The third-order valence-electron chi connectivity index (χ3n) is 5.42. The van der Waals surface area contributed by atoms with E-state index in [0.717, 1.165) is 4.47 Å². The van der Waals surface area contributed by atoms with Gasteiger partial charge in [0, 0.05) is 21.0 Å². The first kappa shape index (κ1) is 20.2. The summed E-state index contributed by atoms with van der Waals surface area (Å²) >= 11 is 3.35. The maximum absolute atomic E-state index is 12.4. The fraction of sp³-hybridized carbons (Fsp3) is 0.333. The zero-order valence-corrected chi connectivity index (χ0v) is 17.2. The number of aliphatic carboxylic acids is 1. The molecule has 0 saturated carbocycles. The Hall–Kier alpha value is -2.14. The molecule has 0 radical (unpaired) electrons. The maximum atomic E-state index is 12.4. The molecule has 4 nitrogen and oxygen atoms in total. The average molecular weight is 419 g/mol. The Morgan fingerprint density at radius 1 is 1.15 bits per heavy atom. The molecule has 1 aliphatic rings. The van der Waals surface area contributed by atoms with E-state index in [9.17, 15) is 14.7 Å². The highest BCUT2D eigenvalue weighted by molar-refractivity contribution is 9.10. The molecule has 2 rings (SSSR count). The van der Waals surface area contributed by atoms with Crippen molar-refractivity contribution >= 4 is 27.7 Å². The molecule has 0 aromatic heterocycles. The van der Waals surface area contributed by atoms with Crippen molar-refractivity contribution in [1.29, 1.82) is 0 Å². The number of carboxylic acids is 1. The lowest BCUT2D eigenvalue weighted by Gasteiger charge is -2.45. The Kier molecular flexibility index (Phi) is 5.61. The van der Waals surface area contributed by atoms with Crippen LogP contribution >= 0.6 is 15.9 Å². The van der Waals surface area contributed by atoms with Gasteiger partial charge in [0.1, 0.15) is 5.76 Å². The molecule has 0 amide bonds.